The molecule has 5 nitrogen and oxygen atoms in total. The lowest BCUT2D eigenvalue weighted by Gasteiger charge is -2.26. The van der Waals surface area contributed by atoms with Crippen molar-refractivity contribution in [2.75, 3.05) is 20.2 Å². The lowest BCUT2D eigenvalue weighted by molar-refractivity contribution is -0.136. The highest BCUT2D eigenvalue weighted by molar-refractivity contribution is 5.86. The van der Waals surface area contributed by atoms with Crippen LogP contribution in [0.25, 0.3) is 0 Å². The third-order valence-electron chi connectivity index (χ3n) is 3.18. The van der Waals surface area contributed by atoms with E-state index in [0.29, 0.717) is 18.9 Å². The Hall–Kier alpha value is -2.11. The highest BCUT2D eigenvalue weighted by atomic mass is 19.1. The molecule has 0 bridgehead atoms. The second kappa shape index (κ2) is 8.36. The Morgan fingerprint density at radius 1 is 1.27 bits per heavy atom. The molecule has 1 rings (SSSR count). The van der Waals surface area contributed by atoms with Gasteiger partial charge in [0, 0.05) is 14.0 Å². The second-order valence-electron chi connectivity index (χ2n) is 5.48. The van der Waals surface area contributed by atoms with Crippen LogP contribution in [0.5, 0.6) is 5.75 Å². The van der Waals surface area contributed by atoms with Crippen molar-refractivity contribution in [3.05, 3.63) is 30.1 Å². The maximum atomic E-state index is 12.8. The number of hydrogen-bond donors (Lipinski definition) is 1. The first-order valence-corrected chi connectivity index (χ1v) is 7.21. The number of amides is 2. The maximum Gasteiger partial charge on any atom is 0.245 e. The molecule has 122 valence electrons. The monoisotopic (exact) mass is 310 g/mol. The first kappa shape index (κ1) is 17.9. The Bertz CT molecular complexity index is 503. The molecule has 0 aliphatic rings. The number of likely N-dealkylation sites (N-methyl/N-ethyl adjacent to an activating group) is 1. The Kier molecular flexibility index (Phi) is 6.82. The van der Waals surface area contributed by atoms with Crippen LogP contribution in [-0.2, 0) is 9.59 Å². The molecule has 6 heteroatoms. The van der Waals surface area contributed by atoms with E-state index in [2.05, 4.69) is 5.32 Å². The third kappa shape index (κ3) is 5.71. The van der Waals surface area contributed by atoms with Gasteiger partial charge in [-0.1, -0.05) is 13.8 Å². The highest BCUT2D eigenvalue weighted by Crippen LogP contribution is 2.11. The van der Waals surface area contributed by atoms with E-state index in [9.17, 15) is 14.0 Å². The van der Waals surface area contributed by atoms with Crippen LogP contribution in [0.4, 0.5) is 4.39 Å². The van der Waals surface area contributed by atoms with E-state index in [1.807, 2.05) is 13.8 Å². The standard InChI is InChI=1S/C16H23FN2O3/c1-11(2)15(18-12(3)20)16(21)19(4)9-10-22-14-7-5-13(17)6-8-14/h5-8,11,15H,9-10H2,1-4H3,(H,18,20). The molecular weight excluding hydrogens is 287 g/mol. The number of benzene rings is 1. The van der Waals surface area contributed by atoms with Crippen molar-refractivity contribution in [1.29, 1.82) is 0 Å². The zero-order chi connectivity index (χ0) is 16.7. The Morgan fingerprint density at radius 3 is 2.36 bits per heavy atom. The van der Waals surface area contributed by atoms with Crippen molar-refractivity contribution in [2.24, 2.45) is 5.92 Å². The first-order chi connectivity index (χ1) is 10.3. The summed E-state index contributed by atoms with van der Waals surface area (Å²) >= 11 is 0. The summed E-state index contributed by atoms with van der Waals surface area (Å²) in [5.74, 6) is -0.174. The van der Waals surface area contributed by atoms with Gasteiger partial charge in [-0.2, -0.15) is 0 Å². The molecule has 1 aromatic carbocycles. The van der Waals surface area contributed by atoms with Crippen molar-refractivity contribution in [2.45, 2.75) is 26.8 Å². The largest absolute Gasteiger partial charge is 0.492 e. The molecule has 0 fully saturated rings. The number of nitrogens with zero attached hydrogens (tertiary/aromatic N) is 1. The van der Waals surface area contributed by atoms with Gasteiger partial charge in [-0.25, -0.2) is 4.39 Å². The van der Waals surface area contributed by atoms with Gasteiger partial charge in [0.2, 0.25) is 11.8 Å². The summed E-state index contributed by atoms with van der Waals surface area (Å²) in [7, 11) is 1.66. The number of carbonyl (C=O) groups excluding carboxylic acids is 2. The van der Waals surface area contributed by atoms with Gasteiger partial charge in [0.15, 0.2) is 0 Å². The number of nitrogens with one attached hydrogen (secondary N) is 1. The van der Waals surface area contributed by atoms with Crippen LogP contribution >= 0.6 is 0 Å². The van der Waals surface area contributed by atoms with E-state index in [-0.39, 0.29) is 23.5 Å². The SMILES string of the molecule is CC(=O)NC(C(=O)N(C)CCOc1ccc(F)cc1)C(C)C. The molecule has 0 heterocycles. The smallest absolute Gasteiger partial charge is 0.245 e. The molecular formula is C16H23FN2O3. The fourth-order valence-corrected chi connectivity index (χ4v) is 1.91. The van der Waals surface area contributed by atoms with E-state index in [1.54, 1.807) is 7.05 Å². The molecule has 0 radical (unpaired) electrons. The average Bonchev–Trinajstić information content (AvgIpc) is 2.45. The van der Waals surface area contributed by atoms with Crippen LogP contribution in [0.3, 0.4) is 0 Å². The summed E-state index contributed by atoms with van der Waals surface area (Å²) in [6.45, 7) is 5.81. The fourth-order valence-electron chi connectivity index (χ4n) is 1.91. The van der Waals surface area contributed by atoms with E-state index in [1.165, 1.54) is 36.1 Å². The number of hydrogen-bond acceptors (Lipinski definition) is 3. The predicted molar refractivity (Wildman–Crippen MR) is 82.0 cm³/mol. The van der Waals surface area contributed by atoms with Crippen LogP contribution in [0.2, 0.25) is 0 Å². The van der Waals surface area contributed by atoms with Gasteiger partial charge in [0.1, 0.15) is 24.2 Å². The molecule has 0 aliphatic heterocycles. The molecule has 0 saturated heterocycles. The zero-order valence-corrected chi connectivity index (χ0v) is 13.4. The van der Waals surface area contributed by atoms with E-state index in [4.69, 9.17) is 4.74 Å². The third-order valence-corrected chi connectivity index (χ3v) is 3.18. The lowest BCUT2D eigenvalue weighted by Crippen LogP contribution is -2.50. The minimum Gasteiger partial charge on any atom is -0.492 e. The molecule has 2 amide bonds. The van der Waals surface area contributed by atoms with Crippen molar-refractivity contribution < 1.29 is 18.7 Å². The molecule has 0 saturated carbocycles. The van der Waals surface area contributed by atoms with Crippen molar-refractivity contribution >= 4 is 11.8 Å². The van der Waals surface area contributed by atoms with Gasteiger partial charge >= 0.3 is 0 Å². The number of rotatable bonds is 7. The maximum absolute atomic E-state index is 12.8. The Labute approximate surface area is 130 Å². The number of carbonyl (C=O) groups is 2. The minimum atomic E-state index is -0.548. The van der Waals surface area contributed by atoms with Crippen LogP contribution in [-0.4, -0.2) is 43.0 Å². The van der Waals surface area contributed by atoms with Crippen LogP contribution < -0.4 is 10.1 Å². The second-order valence-corrected chi connectivity index (χ2v) is 5.48. The van der Waals surface area contributed by atoms with Gasteiger partial charge in [-0.3, -0.25) is 9.59 Å². The Morgan fingerprint density at radius 2 is 1.86 bits per heavy atom. The normalized spacial score (nSPS) is 11.9. The van der Waals surface area contributed by atoms with Crippen LogP contribution in [0, 0.1) is 11.7 Å². The number of halogens is 1. The van der Waals surface area contributed by atoms with Gasteiger partial charge in [-0.05, 0) is 30.2 Å². The summed E-state index contributed by atoms with van der Waals surface area (Å²) < 4.78 is 18.2. The van der Waals surface area contributed by atoms with E-state index >= 15 is 0 Å². The summed E-state index contributed by atoms with van der Waals surface area (Å²) in [6.07, 6.45) is 0. The van der Waals surface area contributed by atoms with Crippen LogP contribution in [0.15, 0.2) is 24.3 Å². The minimum absolute atomic E-state index is 0.00290. The molecule has 1 atom stereocenters. The van der Waals surface area contributed by atoms with E-state index in [0.717, 1.165) is 0 Å². The first-order valence-electron chi connectivity index (χ1n) is 7.21. The summed E-state index contributed by atoms with van der Waals surface area (Å²) in [5.41, 5.74) is 0. The average molecular weight is 310 g/mol. The lowest BCUT2D eigenvalue weighted by atomic mass is 10.0. The van der Waals surface area contributed by atoms with Gasteiger partial charge in [0.25, 0.3) is 0 Å². The quantitative estimate of drug-likeness (QED) is 0.836. The summed E-state index contributed by atoms with van der Waals surface area (Å²) in [5, 5.41) is 2.66. The molecule has 1 unspecified atom stereocenters. The van der Waals surface area contributed by atoms with Crippen molar-refractivity contribution in [3.63, 3.8) is 0 Å². The van der Waals surface area contributed by atoms with Crippen molar-refractivity contribution in [1.82, 2.24) is 10.2 Å². The van der Waals surface area contributed by atoms with Crippen LogP contribution in [0.1, 0.15) is 20.8 Å². The van der Waals surface area contributed by atoms with E-state index < -0.39 is 6.04 Å². The number of ether oxygens (including phenoxy) is 1. The highest BCUT2D eigenvalue weighted by Gasteiger charge is 2.25. The fraction of sp³-hybridized carbons (Fsp3) is 0.500. The topological polar surface area (TPSA) is 58.6 Å². The molecule has 0 spiro atoms. The zero-order valence-electron chi connectivity index (χ0n) is 13.4. The molecule has 1 N–H and O–H groups in total. The molecule has 0 aliphatic carbocycles. The Balaban J connectivity index is 2.48. The molecule has 0 aromatic heterocycles. The summed E-state index contributed by atoms with van der Waals surface area (Å²) in [4.78, 5) is 25.0. The summed E-state index contributed by atoms with van der Waals surface area (Å²) in [6, 6.07) is 5.15. The van der Waals surface area contributed by atoms with Gasteiger partial charge in [0.05, 0.1) is 6.54 Å². The molecule has 22 heavy (non-hydrogen) atoms. The predicted octanol–water partition coefficient (Wildman–Crippen LogP) is 1.82. The van der Waals surface area contributed by atoms with Gasteiger partial charge < -0.3 is 15.0 Å². The molecule has 1 aromatic rings. The van der Waals surface area contributed by atoms with Crippen molar-refractivity contribution in [3.8, 4) is 5.75 Å². The van der Waals surface area contributed by atoms with Gasteiger partial charge in [-0.15, -0.1) is 0 Å².